The van der Waals surface area contributed by atoms with Gasteiger partial charge in [-0.15, -0.1) is 5.10 Å². The zero-order valence-electron chi connectivity index (χ0n) is 15.1. The lowest BCUT2D eigenvalue weighted by atomic mass is 10.1. The van der Waals surface area contributed by atoms with E-state index in [1.165, 1.54) is 11.8 Å². The lowest BCUT2D eigenvalue weighted by Crippen LogP contribution is -2.19. The fourth-order valence-electron chi connectivity index (χ4n) is 2.63. The van der Waals surface area contributed by atoms with E-state index >= 15 is 0 Å². The fraction of sp³-hybridized carbons (Fsp3) is 0.250. The molecule has 0 radical (unpaired) electrons. The van der Waals surface area contributed by atoms with Gasteiger partial charge in [0.05, 0.1) is 5.75 Å². The number of thioether (sulfide) groups is 1. The standard InChI is InChI=1S/C20H22N4O2S/c1-2-3-13-24-19(26)22-23-20(24)27-14-18(25)21-17-11-9-16(10-12-17)15-7-5-4-6-8-15/h4-12H,2-3,13-14H2,1H3,(H,21,25)(H,22,26). The van der Waals surface area contributed by atoms with Crippen LogP contribution in [0.3, 0.4) is 0 Å². The van der Waals surface area contributed by atoms with Crippen LogP contribution >= 0.6 is 11.8 Å². The predicted molar refractivity (Wildman–Crippen MR) is 109 cm³/mol. The first-order valence-corrected chi connectivity index (χ1v) is 9.89. The number of aromatic nitrogens is 3. The summed E-state index contributed by atoms with van der Waals surface area (Å²) in [5.41, 5.74) is 2.74. The minimum absolute atomic E-state index is 0.134. The van der Waals surface area contributed by atoms with Crippen LogP contribution in [0.15, 0.2) is 64.5 Å². The molecule has 2 N–H and O–H groups in total. The third kappa shape index (κ3) is 5.10. The highest BCUT2D eigenvalue weighted by molar-refractivity contribution is 7.99. The Hall–Kier alpha value is -2.80. The van der Waals surface area contributed by atoms with Crippen molar-refractivity contribution in [3.05, 3.63) is 65.1 Å². The average Bonchev–Trinajstić information content (AvgIpc) is 3.05. The zero-order chi connectivity index (χ0) is 19.1. The first-order valence-electron chi connectivity index (χ1n) is 8.90. The minimum atomic E-state index is -0.233. The summed E-state index contributed by atoms with van der Waals surface area (Å²) < 4.78 is 1.58. The summed E-state index contributed by atoms with van der Waals surface area (Å²) in [5, 5.41) is 9.87. The summed E-state index contributed by atoms with van der Waals surface area (Å²) >= 11 is 1.25. The molecule has 140 valence electrons. The second kappa shape index (κ2) is 9.23. The van der Waals surface area contributed by atoms with Gasteiger partial charge in [0.15, 0.2) is 5.16 Å². The van der Waals surface area contributed by atoms with Gasteiger partial charge in [-0.05, 0) is 29.7 Å². The van der Waals surface area contributed by atoms with Crippen molar-refractivity contribution in [1.29, 1.82) is 0 Å². The van der Waals surface area contributed by atoms with E-state index in [1.807, 2.05) is 54.6 Å². The summed E-state index contributed by atoms with van der Waals surface area (Å²) in [6, 6.07) is 17.8. The Morgan fingerprint density at radius 1 is 1.11 bits per heavy atom. The average molecular weight is 382 g/mol. The van der Waals surface area contributed by atoms with E-state index in [-0.39, 0.29) is 17.3 Å². The molecule has 0 aliphatic carbocycles. The summed E-state index contributed by atoms with van der Waals surface area (Å²) in [5.74, 6) is 0.0570. The van der Waals surface area contributed by atoms with Gasteiger partial charge in [0.2, 0.25) is 5.91 Å². The molecule has 3 aromatic rings. The predicted octanol–water partition coefficient (Wildman–Crippen LogP) is 3.77. The molecule has 0 saturated heterocycles. The van der Waals surface area contributed by atoms with Crippen molar-refractivity contribution in [3.8, 4) is 11.1 Å². The molecule has 0 atom stereocenters. The fourth-order valence-corrected chi connectivity index (χ4v) is 3.40. The molecular formula is C20H22N4O2S. The highest BCUT2D eigenvalue weighted by Crippen LogP contribution is 2.21. The lowest BCUT2D eigenvalue weighted by molar-refractivity contribution is -0.113. The molecule has 1 aromatic heterocycles. The Morgan fingerprint density at radius 3 is 2.52 bits per heavy atom. The molecular weight excluding hydrogens is 360 g/mol. The van der Waals surface area contributed by atoms with E-state index in [4.69, 9.17) is 0 Å². The number of anilines is 1. The Morgan fingerprint density at radius 2 is 1.81 bits per heavy atom. The molecule has 2 aromatic carbocycles. The maximum Gasteiger partial charge on any atom is 0.343 e. The Balaban J connectivity index is 1.56. The third-order valence-corrected chi connectivity index (χ3v) is 5.04. The normalized spacial score (nSPS) is 10.7. The van der Waals surface area contributed by atoms with Crippen LogP contribution in [-0.4, -0.2) is 26.4 Å². The van der Waals surface area contributed by atoms with Crippen molar-refractivity contribution < 1.29 is 4.79 Å². The van der Waals surface area contributed by atoms with Gasteiger partial charge in [-0.25, -0.2) is 9.89 Å². The maximum atomic E-state index is 12.2. The monoisotopic (exact) mass is 382 g/mol. The molecule has 0 spiro atoms. The molecule has 3 rings (SSSR count). The van der Waals surface area contributed by atoms with Crippen LogP contribution in [0.2, 0.25) is 0 Å². The highest BCUT2D eigenvalue weighted by atomic mass is 32.2. The second-order valence-corrected chi connectivity index (χ2v) is 7.04. The number of H-pyrrole nitrogens is 1. The van der Waals surface area contributed by atoms with Gasteiger partial charge < -0.3 is 5.32 Å². The number of unbranched alkanes of at least 4 members (excludes halogenated alkanes) is 1. The van der Waals surface area contributed by atoms with Crippen molar-refractivity contribution in [2.24, 2.45) is 0 Å². The molecule has 0 saturated carbocycles. The Labute approximate surface area is 162 Å². The van der Waals surface area contributed by atoms with E-state index in [9.17, 15) is 9.59 Å². The highest BCUT2D eigenvalue weighted by Gasteiger charge is 2.11. The largest absolute Gasteiger partial charge is 0.343 e. The van der Waals surface area contributed by atoms with Crippen LogP contribution in [0.25, 0.3) is 11.1 Å². The lowest BCUT2D eigenvalue weighted by Gasteiger charge is -2.07. The molecule has 0 aliphatic heterocycles. The molecule has 0 unspecified atom stereocenters. The van der Waals surface area contributed by atoms with E-state index in [0.29, 0.717) is 11.7 Å². The van der Waals surface area contributed by atoms with Gasteiger partial charge in [-0.1, -0.05) is 67.6 Å². The van der Waals surface area contributed by atoms with Crippen molar-refractivity contribution in [2.45, 2.75) is 31.5 Å². The van der Waals surface area contributed by atoms with Gasteiger partial charge in [-0.3, -0.25) is 9.36 Å². The number of aromatic amines is 1. The van der Waals surface area contributed by atoms with Crippen LogP contribution in [0.4, 0.5) is 5.69 Å². The van der Waals surface area contributed by atoms with Crippen LogP contribution in [0.1, 0.15) is 19.8 Å². The number of benzene rings is 2. The van der Waals surface area contributed by atoms with Crippen LogP contribution in [0, 0.1) is 0 Å². The van der Waals surface area contributed by atoms with Crippen molar-refractivity contribution in [2.75, 3.05) is 11.1 Å². The molecule has 0 aliphatic rings. The first kappa shape index (κ1) is 19.0. The minimum Gasteiger partial charge on any atom is -0.325 e. The van der Waals surface area contributed by atoms with Crippen LogP contribution < -0.4 is 11.0 Å². The van der Waals surface area contributed by atoms with Gasteiger partial charge >= 0.3 is 5.69 Å². The zero-order valence-corrected chi connectivity index (χ0v) is 16.0. The molecule has 7 heteroatoms. The molecule has 1 heterocycles. The second-order valence-electron chi connectivity index (χ2n) is 6.10. The number of amides is 1. The molecule has 6 nitrogen and oxygen atoms in total. The Bertz CT molecular complexity index is 933. The summed E-state index contributed by atoms with van der Waals surface area (Å²) in [6.07, 6.45) is 1.88. The summed E-state index contributed by atoms with van der Waals surface area (Å²) in [6.45, 7) is 2.67. The van der Waals surface area contributed by atoms with Crippen LogP contribution in [-0.2, 0) is 11.3 Å². The topological polar surface area (TPSA) is 79.8 Å². The van der Waals surface area contributed by atoms with Gasteiger partial charge in [0, 0.05) is 12.2 Å². The van der Waals surface area contributed by atoms with Crippen molar-refractivity contribution in [3.63, 3.8) is 0 Å². The van der Waals surface area contributed by atoms with Gasteiger partial charge in [0.1, 0.15) is 0 Å². The smallest absolute Gasteiger partial charge is 0.325 e. The number of hydrogen-bond acceptors (Lipinski definition) is 4. The number of hydrogen-bond donors (Lipinski definition) is 2. The number of nitrogens with one attached hydrogen (secondary N) is 2. The van der Waals surface area contributed by atoms with Crippen molar-refractivity contribution in [1.82, 2.24) is 14.8 Å². The first-order chi connectivity index (χ1) is 13.2. The SMILES string of the molecule is CCCCn1c(SCC(=O)Nc2ccc(-c3ccccc3)cc2)n[nH]c1=O. The molecule has 1 amide bonds. The summed E-state index contributed by atoms with van der Waals surface area (Å²) in [7, 11) is 0. The van der Waals surface area contributed by atoms with E-state index < -0.39 is 0 Å². The van der Waals surface area contributed by atoms with E-state index in [2.05, 4.69) is 22.4 Å². The number of nitrogens with zero attached hydrogens (tertiary/aromatic N) is 2. The number of carbonyl (C=O) groups is 1. The van der Waals surface area contributed by atoms with E-state index in [0.717, 1.165) is 29.7 Å². The molecule has 0 fully saturated rings. The summed E-state index contributed by atoms with van der Waals surface area (Å²) in [4.78, 5) is 24.0. The van der Waals surface area contributed by atoms with Crippen molar-refractivity contribution >= 4 is 23.4 Å². The quantitative estimate of drug-likeness (QED) is 0.581. The van der Waals surface area contributed by atoms with Gasteiger partial charge in [0.25, 0.3) is 0 Å². The van der Waals surface area contributed by atoms with E-state index in [1.54, 1.807) is 4.57 Å². The van der Waals surface area contributed by atoms with Crippen LogP contribution in [0.5, 0.6) is 0 Å². The molecule has 27 heavy (non-hydrogen) atoms. The number of rotatable bonds is 8. The maximum absolute atomic E-state index is 12.2. The van der Waals surface area contributed by atoms with Gasteiger partial charge in [-0.2, -0.15) is 0 Å². The third-order valence-electron chi connectivity index (χ3n) is 4.07. The number of carbonyl (C=O) groups excluding carboxylic acids is 1. The molecule has 0 bridgehead atoms. The Kier molecular flexibility index (Phi) is 6.49.